The standard InChI is InChI=1S/C12H13NO2S/c1-8(12(14)15)13-6-9-7-16-11-5-3-2-4-10(9)11/h2-5,7-8,13H,6H2,1H3,(H,14,15)/t8-/m0/s1. The summed E-state index contributed by atoms with van der Waals surface area (Å²) in [5.74, 6) is -0.820. The molecule has 84 valence electrons. The monoisotopic (exact) mass is 235 g/mol. The van der Waals surface area contributed by atoms with E-state index in [4.69, 9.17) is 5.11 Å². The Morgan fingerprint density at radius 2 is 2.25 bits per heavy atom. The summed E-state index contributed by atoms with van der Waals surface area (Å²) >= 11 is 1.69. The highest BCUT2D eigenvalue weighted by molar-refractivity contribution is 7.17. The first-order valence-corrected chi connectivity index (χ1v) is 5.98. The van der Waals surface area contributed by atoms with Gasteiger partial charge < -0.3 is 10.4 Å². The van der Waals surface area contributed by atoms with Gasteiger partial charge in [0.2, 0.25) is 0 Å². The van der Waals surface area contributed by atoms with Crippen LogP contribution >= 0.6 is 11.3 Å². The lowest BCUT2D eigenvalue weighted by atomic mass is 10.2. The Hall–Kier alpha value is -1.39. The summed E-state index contributed by atoms with van der Waals surface area (Å²) < 4.78 is 1.24. The molecule has 0 aliphatic rings. The van der Waals surface area contributed by atoms with Gasteiger partial charge in [-0.15, -0.1) is 11.3 Å². The molecule has 0 saturated carbocycles. The molecule has 4 heteroatoms. The highest BCUT2D eigenvalue weighted by Gasteiger charge is 2.10. The first kappa shape index (κ1) is 11.1. The molecular weight excluding hydrogens is 222 g/mol. The molecule has 0 radical (unpaired) electrons. The number of thiophene rings is 1. The molecule has 0 aliphatic heterocycles. The summed E-state index contributed by atoms with van der Waals surface area (Å²) in [7, 11) is 0. The lowest BCUT2D eigenvalue weighted by Crippen LogP contribution is -2.32. The van der Waals surface area contributed by atoms with Crippen molar-refractivity contribution >= 4 is 27.4 Å². The number of carboxylic acids is 1. The van der Waals surface area contributed by atoms with Crippen LogP contribution in [0.4, 0.5) is 0 Å². The normalized spacial score (nSPS) is 12.8. The Balaban J connectivity index is 2.13. The highest BCUT2D eigenvalue weighted by Crippen LogP contribution is 2.25. The molecule has 0 spiro atoms. The Kier molecular flexibility index (Phi) is 3.22. The first-order valence-electron chi connectivity index (χ1n) is 5.10. The summed E-state index contributed by atoms with van der Waals surface area (Å²) in [6.45, 7) is 2.24. The largest absolute Gasteiger partial charge is 0.480 e. The van der Waals surface area contributed by atoms with Gasteiger partial charge >= 0.3 is 5.97 Å². The number of aliphatic carboxylic acids is 1. The minimum atomic E-state index is -0.820. The number of benzene rings is 1. The lowest BCUT2D eigenvalue weighted by Gasteiger charge is -2.07. The van der Waals surface area contributed by atoms with Crippen LogP contribution in [0.5, 0.6) is 0 Å². The van der Waals surface area contributed by atoms with Crippen molar-refractivity contribution in [3.8, 4) is 0 Å². The summed E-state index contributed by atoms with van der Waals surface area (Å²) in [4.78, 5) is 10.7. The van der Waals surface area contributed by atoms with Gasteiger partial charge in [0.25, 0.3) is 0 Å². The van der Waals surface area contributed by atoms with Crippen molar-refractivity contribution in [1.82, 2.24) is 5.32 Å². The maximum atomic E-state index is 10.7. The molecule has 0 aliphatic carbocycles. The van der Waals surface area contributed by atoms with Gasteiger partial charge in [0.05, 0.1) is 0 Å². The predicted octanol–water partition coefficient (Wildman–Crippen LogP) is 2.46. The second-order valence-corrected chi connectivity index (χ2v) is 4.61. The van der Waals surface area contributed by atoms with Crippen LogP contribution in [0.3, 0.4) is 0 Å². The number of nitrogens with one attached hydrogen (secondary N) is 1. The third-order valence-corrected chi connectivity index (χ3v) is 3.54. The van der Waals surface area contributed by atoms with E-state index < -0.39 is 12.0 Å². The molecule has 0 fully saturated rings. The molecule has 0 saturated heterocycles. The van der Waals surface area contributed by atoms with E-state index in [1.807, 2.05) is 12.1 Å². The van der Waals surface area contributed by atoms with Crippen LogP contribution < -0.4 is 5.32 Å². The van der Waals surface area contributed by atoms with Crippen LogP contribution in [0.25, 0.3) is 10.1 Å². The second kappa shape index (κ2) is 4.63. The van der Waals surface area contributed by atoms with E-state index >= 15 is 0 Å². The van der Waals surface area contributed by atoms with E-state index in [1.165, 1.54) is 10.1 Å². The Morgan fingerprint density at radius 1 is 1.50 bits per heavy atom. The van der Waals surface area contributed by atoms with Crippen LogP contribution in [-0.4, -0.2) is 17.1 Å². The van der Waals surface area contributed by atoms with Crippen molar-refractivity contribution in [3.05, 3.63) is 35.2 Å². The molecule has 1 heterocycles. The number of carboxylic acid groups (broad SMARTS) is 1. The van der Waals surface area contributed by atoms with Crippen molar-refractivity contribution in [1.29, 1.82) is 0 Å². The molecule has 1 aromatic heterocycles. The van der Waals surface area contributed by atoms with Crippen molar-refractivity contribution < 1.29 is 9.90 Å². The lowest BCUT2D eigenvalue weighted by molar-refractivity contribution is -0.139. The van der Waals surface area contributed by atoms with E-state index in [0.29, 0.717) is 6.54 Å². The quantitative estimate of drug-likeness (QED) is 0.856. The minimum absolute atomic E-state index is 0.515. The molecule has 2 N–H and O–H groups in total. The van der Waals surface area contributed by atoms with Gasteiger partial charge in [-0.3, -0.25) is 4.79 Å². The SMILES string of the molecule is C[C@H](NCc1csc2ccccc12)C(=O)O. The second-order valence-electron chi connectivity index (χ2n) is 3.70. The van der Waals surface area contributed by atoms with Gasteiger partial charge in [-0.05, 0) is 29.3 Å². The van der Waals surface area contributed by atoms with E-state index in [1.54, 1.807) is 18.3 Å². The van der Waals surface area contributed by atoms with Gasteiger partial charge in [0.1, 0.15) is 6.04 Å². The molecular formula is C12H13NO2S. The number of hydrogen-bond donors (Lipinski definition) is 2. The van der Waals surface area contributed by atoms with E-state index in [-0.39, 0.29) is 0 Å². The zero-order chi connectivity index (χ0) is 11.5. The highest BCUT2D eigenvalue weighted by atomic mass is 32.1. The molecule has 0 bridgehead atoms. The Labute approximate surface area is 97.7 Å². The van der Waals surface area contributed by atoms with Crippen LogP contribution in [-0.2, 0) is 11.3 Å². The van der Waals surface area contributed by atoms with E-state index in [9.17, 15) is 4.79 Å². The van der Waals surface area contributed by atoms with E-state index in [0.717, 1.165) is 5.56 Å². The maximum Gasteiger partial charge on any atom is 0.320 e. The fraction of sp³-hybridized carbons (Fsp3) is 0.250. The Bertz CT molecular complexity index is 506. The fourth-order valence-corrected chi connectivity index (χ4v) is 2.48. The number of fused-ring (bicyclic) bond motifs is 1. The third kappa shape index (κ3) is 2.23. The van der Waals surface area contributed by atoms with Crippen molar-refractivity contribution in [2.24, 2.45) is 0 Å². The number of rotatable bonds is 4. The average Bonchev–Trinajstić information content (AvgIpc) is 2.69. The number of hydrogen-bond acceptors (Lipinski definition) is 3. The molecule has 2 aromatic rings. The van der Waals surface area contributed by atoms with Crippen molar-refractivity contribution in [2.45, 2.75) is 19.5 Å². The van der Waals surface area contributed by atoms with Crippen LogP contribution in [0.2, 0.25) is 0 Å². The molecule has 0 amide bonds. The summed E-state index contributed by atoms with van der Waals surface area (Å²) in [5, 5.41) is 15.0. The molecule has 3 nitrogen and oxygen atoms in total. The fourth-order valence-electron chi connectivity index (χ4n) is 1.52. The van der Waals surface area contributed by atoms with Crippen LogP contribution in [0, 0.1) is 0 Å². The zero-order valence-electron chi connectivity index (χ0n) is 8.93. The summed E-state index contributed by atoms with van der Waals surface area (Å²) in [6, 6.07) is 7.63. The summed E-state index contributed by atoms with van der Waals surface area (Å²) in [5.41, 5.74) is 1.16. The predicted molar refractivity (Wildman–Crippen MR) is 65.8 cm³/mol. The minimum Gasteiger partial charge on any atom is -0.480 e. The molecule has 0 unspecified atom stereocenters. The molecule has 16 heavy (non-hydrogen) atoms. The van der Waals surface area contributed by atoms with Gasteiger partial charge in [-0.1, -0.05) is 18.2 Å². The molecule has 1 aromatic carbocycles. The van der Waals surface area contributed by atoms with Crippen LogP contribution in [0.1, 0.15) is 12.5 Å². The van der Waals surface area contributed by atoms with Gasteiger partial charge in [0.15, 0.2) is 0 Å². The Morgan fingerprint density at radius 3 is 3.00 bits per heavy atom. The molecule has 1 atom stereocenters. The number of carbonyl (C=O) groups is 1. The maximum absolute atomic E-state index is 10.7. The van der Waals surface area contributed by atoms with Crippen molar-refractivity contribution in [3.63, 3.8) is 0 Å². The van der Waals surface area contributed by atoms with Gasteiger partial charge in [-0.25, -0.2) is 0 Å². The smallest absolute Gasteiger partial charge is 0.320 e. The summed E-state index contributed by atoms with van der Waals surface area (Å²) in [6.07, 6.45) is 0. The van der Waals surface area contributed by atoms with Crippen molar-refractivity contribution in [2.75, 3.05) is 0 Å². The molecule has 2 rings (SSSR count). The topological polar surface area (TPSA) is 49.3 Å². The third-order valence-electron chi connectivity index (χ3n) is 2.53. The average molecular weight is 235 g/mol. The van der Waals surface area contributed by atoms with E-state index in [2.05, 4.69) is 22.8 Å². The first-order chi connectivity index (χ1) is 7.68. The zero-order valence-corrected chi connectivity index (χ0v) is 9.75. The van der Waals surface area contributed by atoms with Crippen LogP contribution in [0.15, 0.2) is 29.6 Å². The van der Waals surface area contributed by atoms with Gasteiger partial charge in [-0.2, -0.15) is 0 Å². The van der Waals surface area contributed by atoms with Gasteiger partial charge in [0, 0.05) is 11.2 Å².